The van der Waals surface area contributed by atoms with Crippen LogP contribution in [0.2, 0.25) is 0 Å². The van der Waals surface area contributed by atoms with Gasteiger partial charge in [-0.1, -0.05) is 194 Å². The fraction of sp³-hybridized carbons (Fsp3) is 0.918. The van der Waals surface area contributed by atoms with Crippen molar-refractivity contribution < 1.29 is 19.1 Å². The summed E-state index contributed by atoms with van der Waals surface area (Å²) in [5.74, 6) is 4.90. The molecule has 8 heteroatoms. The summed E-state index contributed by atoms with van der Waals surface area (Å²) < 4.78 is 6.35. The number of carbonyl (C=O) groups excluding carboxylic acids is 3. The molecule has 0 radical (unpaired) electrons. The second-order valence-electron chi connectivity index (χ2n) is 24.3. The van der Waals surface area contributed by atoms with Gasteiger partial charge in [0.25, 0.3) is 0 Å². The van der Waals surface area contributed by atoms with Crippen molar-refractivity contribution in [1.82, 2.24) is 15.5 Å². The van der Waals surface area contributed by atoms with Crippen LogP contribution in [0.25, 0.3) is 0 Å². The third-order valence-electron chi connectivity index (χ3n) is 18.5. The molecule has 4 N–H and O–H groups in total. The standard InChI is InChI=1S/C61H112N4O4/c1-7-8-9-10-11-12-13-14-15-16-17-18-19-20-21-26-34-57(66)63-44-29-24-25-30-46-65(48-58(67)64-45-28-23-22-27-43-62)59(68)69-52-39-41-60(5)51(47-52)35-36-53-55-38-37-54(50(4)33-31-32-49(2)3)61(55,6)42-40-56(53)60/h35,49-50,52-56H,7-34,36-48,62H2,1-6H3,(H,63,66)(H,64,67)/t50-,52+,53+,54-,55+,56+,60+,61-/m1/s1. The summed E-state index contributed by atoms with van der Waals surface area (Å²) in [6.45, 7) is 17.4. The zero-order chi connectivity index (χ0) is 49.7. The lowest BCUT2D eigenvalue weighted by atomic mass is 9.47. The molecule has 4 aliphatic rings. The molecular weight excluding hydrogens is 853 g/mol. The SMILES string of the molecule is CCCCCCCCCCCCCCCCCCC(=O)NCCCCCCN(CC(=O)NCCCCCCN)C(=O)O[C@H]1CC[C@@]2(C)C(=CC[C@H]3[C@@H]4CC[C@H]([C@H](C)CCCC(C)C)[C@@]4(C)CC[C@@H]32)C1. The number of rotatable bonds is 38. The van der Waals surface area contributed by atoms with Crippen LogP contribution in [0.1, 0.15) is 273 Å². The Hall–Kier alpha value is -2.09. The molecule has 0 spiro atoms. The number of hydrogen-bond donors (Lipinski definition) is 3. The van der Waals surface area contributed by atoms with Crippen molar-refractivity contribution in [3.05, 3.63) is 11.6 Å². The summed E-state index contributed by atoms with van der Waals surface area (Å²) in [6, 6.07) is 0. The van der Waals surface area contributed by atoms with E-state index < -0.39 is 0 Å². The van der Waals surface area contributed by atoms with E-state index in [9.17, 15) is 14.4 Å². The van der Waals surface area contributed by atoms with Crippen LogP contribution in [-0.4, -0.2) is 61.6 Å². The smallest absolute Gasteiger partial charge is 0.410 e. The van der Waals surface area contributed by atoms with E-state index in [1.807, 2.05) is 0 Å². The van der Waals surface area contributed by atoms with Crippen molar-refractivity contribution >= 4 is 17.9 Å². The molecule has 0 aromatic heterocycles. The third kappa shape index (κ3) is 20.7. The molecule has 3 fully saturated rings. The van der Waals surface area contributed by atoms with Crippen LogP contribution in [-0.2, 0) is 14.3 Å². The van der Waals surface area contributed by atoms with Gasteiger partial charge in [-0.15, -0.1) is 0 Å². The number of nitrogens with zero attached hydrogens (tertiary/aromatic N) is 1. The first-order chi connectivity index (χ1) is 33.4. The predicted octanol–water partition coefficient (Wildman–Crippen LogP) is 15.8. The molecule has 4 rings (SSSR count). The van der Waals surface area contributed by atoms with Crippen LogP contribution in [0.5, 0.6) is 0 Å². The van der Waals surface area contributed by atoms with Gasteiger partial charge in [-0.3, -0.25) is 14.5 Å². The molecule has 0 aromatic rings. The quantitative estimate of drug-likeness (QED) is 0.0421. The average molecular weight is 966 g/mol. The molecule has 0 bridgehead atoms. The number of unbranched alkanes of at least 4 members (excludes halogenated alkanes) is 21. The monoisotopic (exact) mass is 965 g/mol. The van der Waals surface area contributed by atoms with Gasteiger partial charge in [-0.2, -0.15) is 0 Å². The van der Waals surface area contributed by atoms with E-state index in [0.29, 0.717) is 38.0 Å². The van der Waals surface area contributed by atoms with Crippen LogP contribution in [0.4, 0.5) is 4.79 Å². The van der Waals surface area contributed by atoms with Gasteiger partial charge in [0.15, 0.2) is 0 Å². The molecule has 0 aliphatic heterocycles. The van der Waals surface area contributed by atoms with Crippen molar-refractivity contribution in [3.63, 3.8) is 0 Å². The first kappa shape index (κ1) is 59.5. The Morgan fingerprint density at radius 3 is 1.87 bits per heavy atom. The van der Waals surface area contributed by atoms with Gasteiger partial charge in [0.05, 0.1) is 0 Å². The van der Waals surface area contributed by atoms with Crippen LogP contribution in [0.3, 0.4) is 0 Å². The number of allylic oxidation sites excluding steroid dienone is 1. The van der Waals surface area contributed by atoms with E-state index >= 15 is 0 Å². The molecule has 4 aliphatic carbocycles. The number of nitrogens with one attached hydrogen (secondary N) is 2. The van der Waals surface area contributed by atoms with E-state index in [4.69, 9.17) is 10.5 Å². The Bertz CT molecular complexity index is 1450. The Kier molecular flexibility index (Phi) is 29.0. The second kappa shape index (κ2) is 33.6. The number of nitrogens with two attached hydrogens (primary N) is 1. The zero-order valence-electron chi connectivity index (χ0n) is 46.3. The van der Waals surface area contributed by atoms with Crippen molar-refractivity contribution in [2.45, 2.75) is 279 Å². The van der Waals surface area contributed by atoms with Crippen molar-refractivity contribution in [1.29, 1.82) is 0 Å². The molecule has 0 aromatic carbocycles. The zero-order valence-corrected chi connectivity index (χ0v) is 46.3. The highest BCUT2D eigenvalue weighted by molar-refractivity contribution is 5.82. The minimum atomic E-state index is -0.342. The van der Waals surface area contributed by atoms with Crippen LogP contribution in [0.15, 0.2) is 11.6 Å². The molecule has 0 heterocycles. The highest BCUT2D eigenvalue weighted by atomic mass is 16.6. The molecule has 8 atom stereocenters. The minimum Gasteiger partial charge on any atom is -0.446 e. The maximum Gasteiger partial charge on any atom is 0.410 e. The second-order valence-corrected chi connectivity index (χ2v) is 24.3. The summed E-state index contributed by atoms with van der Waals surface area (Å²) in [6.07, 6.45) is 45.5. The summed E-state index contributed by atoms with van der Waals surface area (Å²) in [5.41, 5.74) is 7.87. The Balaban J connectivity index is 1.14. The molecule has 0 unspecified atom stereocenters. The molecule has 3 saturated carbocycles. The predicted molar refractivity (Wildman–Crippen MR) is 291 cm³/mol. The van der Waals surface area contributed by atoms with Crippen molar-refractivity contribution in [2.75, 3.05) is 32.7 Å². The number of carbonyl (C=O) groups is 3. The fourth-order valence-corrected chi connectivity index (χ4v) is 14.2. The number of fused-ring (bicyclic) bond motifs is 5. The van der Waals surface area contributed by atoms with Gasteiger partial charge in [0.2, 0.25) is 11.8 Å². The molecule has 8 nitrogen and oxygen atoms in total. The van der Waals surface area contributed by atoms with Crippen LogP contribution < -0.4 is 16.4 Å². The maximum atomic E-state index is 14.0. The van der Waals surface area contributed by atoms with Crippen LogP contribution >= 0.6 is 0 Å². The average Bonchev–Trinajstić information content (AvgIpc) is 3.69. The molecular formula is C61H112N4O4. The lowest BCUT2D eigenvalue weighted by Gasteiger charge is -2.58. The molecule has 0 saturated heterocycles. The van der Waals surface area contributed by atoms with Gasteiger partial charge in [0, 0.05) is 32.5 Å². The lowest BCUT2D eigenvalue weighted by Crippen LogP contribution is -2.51. The van der Waals surface area contributed by atoms with Crippen molar-refractivity contribution in [2.24, 2.45) is 52.1 Å². The molecule has 69 heavy (non-hydrogen) atoms. The van der Waals surface area contributed by atoms with Gasteiger partial charge in [-0.05, 0) is 130 Å². The van der Waals surface area contributed by atoms with E-state index in [1.165, 1.54) is 147 Å². The number of hydrogen-bond acceptors (Lipinski definition) is 5. The van der Waals surface area contributed by atoms with E-state index in [0.717, 1.165) is 119 Å². The van der Waals surface area contributed by atoms with E-state index in [1.54, 1.807) is 4.90 Å². The molecule has 3 amide bonds. The molecule has 400 valence electrons. The summed E-state index contributed by atoms with van der Waals surface area (Å²) in [4.78, 5) is 41.3. The highest BCUT2D eigenvalue weighted by Crippen LogP contribution is 2.67. The van der Waals surface area contributed by atoms with Gasteiger partial charge in [-0.25, -0.2) is 4.79 Å². The first-order valence-electron chi connectivity index (χ1n) is 30.3. The Morgan fingerprint density at radius 1 is 0.667 bits per heavy atom. The van der Waals surface area contributed by atoms with Gasteiger partial charge >= 0.3 is 6.09 Å². The number of ether oxygens (including phenoxy) is 1. The third-order valence-corrected chi connectivity index (χ3v) is 18.5. The first-order valence-corrected chi connectivity index (χ1v) is 30.3. The van der Waals surface area contributed by atoms with Gasteiger partial charge in [0.1, 0.15) is 12.6 Å². The minimum absolute atomic E-state index is 0.0332. The Labute approximate surface area is 426 Å². The van der Waals surface area contributed by atoms with Gasteiger partial charge < -0.3 is 21.1 Å². The highest BCUT2D eigenvalue weighted by Gasteiger charge is 2.59. The normalized spacial score (nSPS) is 25.6. The maximum absolute atomic E-state index is 14.0. The van der Waals surface area contributed by atoms with E-state index in [-0.39, 0.29) is 36.0 Å². The van der Waals surface area contributed by atoms with Crippen molar-refractivity contribution in [3.8, 4) is 0 Å². The summed E-state index contributed by atoms with van der Waals surface area (Å²) in [7, 11) is 0. The number of amides is 3. The summed E-state index contributed by atoms with van der Waals surface area (Å²) >= 11 is 0. The largest absolute Gasteiger partial charge is 0.446 e. The summed E-state index contributed by atoms with van der Waals surface area (Å²) in [5, 5.41) is 6.20. The Morgan fingerprint density at radius 2 is 1.25 bits per heavy atom. The lowest BCUT2D eigenvalue weighted by molar-refractivity contribution is -0.122. The van der Waals surface area contributed by atoms with Crippen LogP contribution in [0, 0.1) is 46.3 Å². The fourth-order valence-electron chi connectivity index (χ4n) is 14.2. The topological polar surface area (TPSA) is 114 Å². The van der Waals surface area contributed by atoms with E-state index in [2.05, 4.69) is 58.3 Å².